The highest BCUT2D eigenvalue weighted by molar-refractivity contribution is 7.89. The molecule has 2 heterocycles. The van der Waals surface area contributed by atoms with Gasteiger partial charge in [0.25, 0.3) is 10.0 Å². The molecule has 0 spiro atoms. The number of nitrogens with one attached hydrogen (secondary N) is 1. The van der Waals surface area contributed by atoms with Crippen molar-refractivity contribution >= 4 is 16.0 Å². The van der Waals surface area contributed by atoms with Crippen molar-refractivity contribution in [1.29, 1.82) is 0 Å². The molecule has 18 heavy (non-hydrogen) atoms. The van der Waals surface area contributed by atoms with Crippen LogP contribution in [-0.4, -0.2) is 61.8 Å². The summed E-state index contributed by atoms with van der Waals surface area (Å²) in [6.45, 7) is 0.274. The number of aromatic nitrogens is 2. The Morgan fingerprint density at radius 2 is 2.44 bits per heavy atom. The fraction of sp³-hybridized carbons (Fsp3) is 0.556. The topological polar surface area (TPSA) is 102 Å². The van der Waals surface area contributed by atoms with Crippen LogP contribution in [0.4, 0.5) is 0 Å². The van der Waals surface area contributed by atoms with Gasteiger partial charge in [-0.1, -0.05) is 0 Å². The van der Waals surface area contributed by atoms with Gasteiger partial charge in [-0.05, 0) is 6.07 Å². The van der Waals surface area contributed by atoms with Gasteiger partial charge in [0.15, 0.2) is 11.1 Å². The highest BCUT2D eigenvalue weighted by atomic mass is 32.2. The second-order valence-corrected chi connectivity index (χ2v) is 5.57. The number of aromatic amines is 1. The van der Waals surface area contributed by atoms with E-state index in [9.17, 15) is 13.2 Å². The molecule has 1 aromatic heterocycles. The lowest BCUT2D eigenvalue weighted by Gasteiger charge is -2.30. The van der Waals surface area contributed by atoms with Crippen LogP contribution < -0.4 is 0 Å². The number of H-pyrrole nitrogens is 1. The molecule has 1 saturated heterocycles. The van der Waals surface area contributed by atoms with Crippen molar-refractivity contribution in [2.75, 3.05) is 26.8 Å². The number of methoxy groups -OCH3 is 1. The molecular weight excluding hydrogens is 262 g/mol. The van der Waals surface area contributed by atoms with Crippen LogP contribution in [0.1, 0.15) is 0 Å². The molecule has 1 aliphatic heterocycles. The molecule has 8 nitrogen and oxygen atoms in total. The molecule has 1 aliphatic rings. The summed E-state index contributed by atoms with van der Waals surface area (Å²) in [6.07, 6.45) is 0.465. The van der Waals surface area contributed by atoms with Crippen molar-refractivity contribution in [2.24, 2.45) is 0 Å². The Hall–Kier alpha value is -1.45. The summed E-state index contributed by atoms with van der Waals surface area (Å²) in [5.41, 5.74) is 0. The predicted octanol–water partition coefficient (Wildman–Crippen LogP) is -1.03. The number of esters is 1. The first kappa shape index (κ1) is 13.0. The van der Waals surface area contributed by atoms with E-state index in [0.29, 0.717) is 0 Å². The van der Waals surface area contributed by atoms with Gasteiger partial charge >= 0.3 is 5.97 Å². The summed E-state index contributed by atoms with van der Waals surface area (Å²) in [4.78, 5) is 11.3. The van der Waals surface area contributed by atoms with Gasteiger partial charge in [0, 0.05) is 6.54 Å². The minimum Gasteiger partial charge on any atom is -0.467 e. The number of rotatable bonds is 3. The Balaban J connectivity index is 2.17. The van der Waals surface area contributed by atoms with Crippen molar-refractivity contribution < 1.29 is 22.7 Å². The monoisotopic (exact) mass is 275 g/mol. The average Bonchev–Trinajstić information content (AvgIpc) is 2.92. The fourth-order valence-corrected chi connectivity index (χ4v) is 2.97. The third kappa shape index (κ3) is 2.37. The molecule has 2 rings (SSSR count). The van der Waals surface area contributed by atoms with Crippen LogP contribution in [-0.2, 0) is 24.3 Å². The molecule has 0 aliphatic carbocycles. The first-order valence-electron chi connectivity index (χ1n) is 5.24. The maximum absolute atomic E-state index is 12.2. The Morgan fingerprint density at radius 3 is 3.06 bits per heavy atom. The smallest absolute Gasteiger partial charge is 0.336 e. The lowest BCUT2D eigenvalue weighted by Crippen LogP contribution is -2.48. The fourth-order valence-electron chi connectivity index (χ4n) is 1.64. The minimum atomic E-state index is -3.67. The second kappa shape index (κ2) is 5.04. The molecule has 1 atom stereocenters. The number of ether oxygens (including phenoxy) is 2. The zero-order chi connectivity index (χ0) is 13.2. The van der Waals surface area contributed by atoms with E-state index in [1.165, 1.54) is 23.7 Å². The first-order valence-corrected chi connectivity index (χ1v) is 6.68. The lowest BCUT2D eigenvalue weighted by atomic mass is 10.3. The van der Waals surface area contributed by atoms with Gasteiger partial charge in [0.1, 0.15) is 0 Å². The summed E-state index contributed by atoms with van der Waals surface area (Å²) in [5.74, 6) is -0.584. The first-order chi connectivity index (χ1) is 8.55. The van der Waals surface area contributed by atoms with Crippen LogP contribution in [0.3, 0.4) is 0 Å². The number of carbonyl (C=O) groups excluding carboxylic acids is 1. The molecule has 1 N–H and O–H groups in total. The van der Waals surface area contributed by atoms with Crippen molar-refractivity contribution in [3.8, 4) is 0 Å². The molecule has 1 fully saturated rings. The summed E-state index contributed by atoms with van der Waals surface area (Å²) < 4.78 is 35.2. The number of carbonyl (C=O) groups is 1. The number of hydrogen-bond acceptors (Lipinski definition) is 6. The van der Waals surface area contributed by atoms with Crippen molar-refractivity contribution in [1.82, 2.24) is 14.5 Å². The maximum atomic E-state index is 12.2. The average molecular weight is 275 g/mol. The Kier molecular flexibility index (Phi) is 3.64. The molecule has 1 aromatic rings. The molecule has 0 amide bonds. The van der Waals surface area contributed by atoms with Gasteiger partial charge in [-0.25, -0.2) is 13.2 Å². The molecule has 0 radical (unpaired) electrons. The van der Waals surface area contributed by atoms with Crippen molar-refractivity contribution in [2.45, 2.75) is 11.1 Å². The van der Waals surface area contributed by atoms with E-state index in [0.717, 1.165) is 0 Å². The molecule has 1 unspecified atom stereocenters. The standard InChI is InChI=1S/C9H13N3O5S/c1-16-9(13)7-6-12(4-5-17-7)18(14,15)8-2-3-10-11-8/h2-3,7H,4-6H2,1H3,(H,10,11). The zero-order valence-corrected chi connectivity index (χ0v) is 10.5. The summed E-state index contributed by atoms with van der Waals surface area (Å²) >= 11 is 0. The van der Waals surface area contributed by atoms with Crippen LogP contribution in [0.2, 0.25) is 0 Å². The predicted molar refractivity (Wildman–Crippen MR) is 59.1 cm³/mol. The summed E-state index contributed by atoms with van der Waals surface area (Å²) in [5, 5.41) is 5.99. The van der Waals surface area contributed by atoms with Crippen LogP contribution >= 0.6 is 0 Å². The van der Waals surface area contributed by atoms with Gasteiger partial charge < -0.3 is 9.47 Å². The molecule has 0 bridgehead atoms. The van der Waals surface area contributed by atoms with E-state index >= 15 is 0 Å². The van der Waals surface area contributed by atoms with E-state index in [1.807, 2.05) is 0 Å². The molecule has 0 aromatic carbocycles. The van der Waals surface area contributed by atoms with Crippen molar-refractivity contribution in [3.63, 3.8) is 0 Å². The van der Waals surface area contributed by atoms with Gasteiger partial charge in [0.2, 0.25) is 0 Å². The summed E-state index contributed by atoms with van der Waals surface area (Å²) in [6, 6.07) is 1.36. The third-order valence-electron chi connectivity index (χ3n) is 2.59. The van der Waals surface area contributed by atoms with Crippen LogP contribution in [0.25, 0.3) is 0 Å². The Bertz CT molecular complexity index is 512. The second-order valence-electron chi connectivity index (χ2n) is 3.67. The van der Waals surface area contributed by atoms with Crippen LogP contribution in [0.15, 0.2) is 17.3 Å². The normalized spacial score (nSPS) is 21.7. The maximum Gasteiger partial charge on any atom is 0.336 e. The molecule has 9 heteroatoms. The summed E-state index contributed by atoms with van der Waals surface area (Å²) in [7, 11) is -2.44. The van der Waals surface area contributed by atoms with E-state index in [2.05, 4.69) is 14.9 Å². The number of morpholine rings is 1. The molecule has 0 saturated carbocycles. The highest BCUT2D eigenvalue weighted by Crippen LogP contribution is 2.16. The SMILES string of the molecule is COC(=O)C1CN(S(=O)(=O)c2ccn[nH]2)CCO1. The minimum absolute atomic E-state index is 0.00647. The largest absolute Gasteiger partial charge is 0.467 e. The van der Waals surface area contributed by atoms with Gasteiger partial charge in [-0.15, -0.1) is 0 Å². The quantitative estimate of drug-likeness (QED) is 0.708. The number of sulfonamides is 1. The van der Waals surface area contributed by atoms with Crippen molar-refractivity contribution in [3.05, 3.63) is 12.3 Å². The van der Waals surface area contributed by atoms with E-state index < -0.39 is 22.1 Å². The number of nitrogens with zero attached hydrogens (tertiary/aromatic N) is 2. The number of hydrogen-bond donors (Lipinski definition) is 1. The Labute approximate surface area is 104 Å². The van der Waals surface area contributed by atoms with E-state index in [1.54, 1.807) is 0 Å². The van der Waals surface area contributed by atoms with Gasteiger partial charge in [-0.2, -0.15) is 9.40 Å². The van der Waals surface area contributed by atoms with Crippen LogP contribution in [0.5, 0.6) is 0 Å². The lowest BCUT2D eigenvalue weighted by molar-refractivity contribution is -0.157. The van der Waals surface area contributed by atoms with E-state index in [-0.39, 0.29) is 24.7 Å². The van der Waals surface area contributed by atoms with E-state index in [4.69, 9.17) is 4.74 Å². The third-order valence-corrected chi connectivity index (χ3v) is 4.38. The van der Waals surface area contributed by atoms with Gasteiger partial charge in [0.05, 0.1) is 26.5 Å². The molecule has 100 valence electrons. The highest BCUT2D eigenvalue weighted by Gasteiger charge is 2.35. The van der Waals surface area contributed by atoms with Gasteiger partial charge in [-0.3, -0.25) is 5.10 Å². The zero-order valence-electron chi connectivity index (χ0n) is 9.70. The van der Waals surface area contributed by atoms with Crippen LogP contribution in [0, 0.1) is 0 Å². The Morgan fingerprint density at radius 1 is 1.67 bits per heavy atom. The molecular formula is C9H13N3O5S.